The molecule has 0 amide bonds. The fourth-order valence-electron chi connectivity index (χ4n) is 0.710. The van der Waals surface area contributed by atoms with Crippen molar-refractivity contribution in [1.82, 2.24) is 0 Å². The van der Waals surface area contributed by atoms with Gasteiger partial charge >= 0.3 is 0 Å². The lowest BCUT2D eigenvalue weighted by atomic mass is 9.99. The van der Waals surface area contributed by atoms with Crippen molar-refractivity contribution < 1.29 is 19.4 Å². The normalized spacial score (nSPS) is 18.6. The van der Waals surface area contributed by atoms with Gasteiger partial charge in [0.25, 0.3) is 0 Å². The fraction of sp³-hybridized carbons (Fsp3) is 0.800. The van der Waals surface area contributed by atoms with E-state index in [1.165, 1.54) is 20.8 Å². The number of hydrogen-bond donors (Lipinski definition) is 3. The molecular formula is C10H20N2O4. The Kier molecular flexibility index (Phi) is 5.21. The molecule has 0 saturated heterocycles. The Balaban J connectivity index is 4.10. The molecule has 0 aliphatic heterocycles. The number of aliphatic hydroxyl groups is 1. The third-order valence-electron chi connectivity index (χ3n) is 2.40. The lowest BCUT2D eigenvalue weighted by Crippen LogP contribution is -2.52. The molecule has 6 heteroatoms. The van der Waals surface area contributed by atoms with E-state index < -0.39 is 23.5 Å². The lowest BCUT2D eigenvalue weighted by Gasteiger charge is -2.23. The quantitative estimate of drug-likeness (QED) is 0.496. The summed E-state index contributed by atoms with van der Waals surface area (Å²) in [6.07, 6.45) is 0. The van der Waals surface area contributed by atoms with Crippen LogP contribution in [-0.4, -0.2) is 47.6 Å². The van der Waals surface area contributed by atoms with Gasteiger partial charge in [0, 0.05) is 0 Å². The molecule has 2 atom stereocenters. The highest BCUT2D eigenvalue weighted by molar-refractivity contribution is 5.89. The van der Waals surface area contributed by atoms with E-state index in [1.807, 2.05) is 0 Å². The minimum absolute atomic E-state index is 0.0599. The number of ketones is 2. The van der Waals surface area contributed by atoms with E-state index in [4.69, 9.17) is 21.3 Å². The van der Waals surface area contributed by atoms with E-state index in [1.54, 1.807) is 0 Å². The Morgan fingerprint density at radius 3 is 2.12 bits per heavy atom. The summed E-state index contributed by atoms with van der Waals surface area (Å²) in [7, 11) is 0. The van der Waals surface area contributed by atoms with Crippen molar-refractivity contribution in [2.24, 2.45) is 11.5 Å². The van der Waals surface area contributed by atoms with Crippen LogP contribution in [0.15, 0.2) is 0 Å². The van der Waals surface area contributed by atoms with Gasteiger partial charge in [0.15, 0.2) is 11.6 Å². The number of carbonyl (C=O) groups excluding carboxylic acids is 2. The van der Waals surface area contributed by atoms with Crippen LogP contribution in [0.4, 0.5) is 0 Å². The van der Waals surface area contributed by atoms with Crippen LogP contribution in [0, 0.1) is 0 Å². The Labute approximate surface area is 94.9 Å². The van der Waals surface area contributed by atoms with Crippen LogP contribution < -0.4 is 11.5 Å². The minimum atomic E-state index is -1.32. The summed E-state index contributed by atoms with van der Waals surface area (Å²) >= 11 is 0. The molecule has 0 aromatic carbocycles. The highest BCUT2D eigenvalue weighted by atomic mass is 16.5. The number of aliphatic hydroxyl groups excluding tert-OH is 1. The Bertz CT molecular complexity index is 274. The molecule has 0 fully saturated rings. The summed E-state index contributed by atoms with van der Waals surface area (Å²) in [5, 5.41) is 8.83. The highest BCUT2D eigenvalue weighted by Gasteiger charge is 2.29. The predicted octanol–water partition coefficient (Wildman–Crippen LogP) is -1.41. The van der Waals surface area contributed by atoms with Gasteiger partial charge in [-0.3, -0.25) is 9.59 Å². The third-order valence-corrected chi connectivity index (χ3v) is 2.40. The molecular weight excluding hydrogens is 212 g/mol. The zero-order chi connectivity index (χ0) is 13.0. The molecule has 0 aliphatic carbocycles. The van der Waals surface area contributed by atoms with E-state index in [0.717, 1.165) is 0 Å². The SMILES string of the molecule is CC(=O)C(C)(N)COCC(=O)C(C)(N)CO. The smallest absolute Gasteiger partial charge is 0.180 e. The fourth-order valence-corrected chi connectivity index (χ4v) is 0.710. The number of ether oxygens (including phenoxy) is 1. The van der Waals surface area contributed by atoms with Gasteiger partial charge in [0.1, 0.15) is 6.61 Å². The second-order valence-corrected chi connectivity index (χ2v) is 4.47. The summed E-state index contributed by atoms with van der Waals surface area (Å²) in [6, 6.07) is 0. The van der Waals surface area contributed by atoms with Crippen molar-refractivity contribution >= 4 is 11.6 Å². The number of Topliss-reactive ketones (excluding diaryl/α,β-unsaturated/α-hetero) is 2. The first-order chi connectivity index (χ1) is 7.13. The van der Waals surface area contributed by atoms with Gasteiger partial charge < -0.3 is 21.3 Å². The first kappa shape index (κ1) is 15.2. The van der Waals surface area contributed by atoms with Crippen molar-refractivity contribution in [1.29, 1.82) is 0 Å². The topological polar surface area (TPSA) is 116 Å². The average Bonchev–Trinajstić information content (AvgIpc) is 2.17. The van der Waals surface area contributed by atoms with Gasteiger partial charge in [-0.15, -0.1) is 0 Å². The molecule has 2 unspecified atom stereocenters. The predicted molar refractivity (Wildman–Crippen MR) is 58.8 cm³/mol. The Hall–Kier alpha value is -0.820. The van der Waals surface area contributed by atoms with E-state index in [-0.39, 0.29) is 19.0 Å². The summed E-state index contributed by atoms with van der Waals surface area (Å²) in [4.78, 5) is 22.5. The molecule has 0 aromatic heterocycles. The van der Waals surface area contributed by atoms with Crippen molar-refractivity contribution in [3.05, 3.63) is 0 Å². The van der Waals surface area contributed by atoms with E-state index in [9.17, 15) is 9.59 Å². The zero-order valence-electron chi connectivity index (χ0n) is 9.95. The van der Waals surface area contributed by atoms with Crippen LogP contribution >= 0.6 is 0 Å². The second kappa shape index (κ2) is 5.49. The number of nitrogens with two attached hydrogens (primary N) is 2. The third kappa shape index (κ3) is 4.36. The van der Waals surface area contributed by atoms with Gasteiger partial charge in [-0.2, -0.15) is 0 Å². The monoisotopic (exact) mass is 232 g/mol. The van der Waals surface area contributed by atoms with Gasteiger partial charge in [0.2, 0.25) is 0 Å². The summed E-state index contributed by atoms with van der Waals surface area (Å²) in [5.41, 5.74) is 8.69. The maximum Gasteiger partial charge on any atom is 0.180 e. The second-order valence-electron chi connectivity index (χ2n) is 4.47. The number of carbonyl (C=O) groups is 2. The molecule has 0 bridgehead atoms. The summed E-state index contributed by atoms with van der Waals surface area (Å²) in [5.74, 6) is -0.660. The van der Waals surface area contributed by atoms with Crippen molar-refractivity contribution in [2.75, 3.05) is 19.8 Å². The maximum atomic E-state index is 11.4. The van der Waals surface area contributed by atoms with Gasteiger partial charge in [0.05, 0.1) is 24.3 Å². The van der Waals surface area contributed by atoms with Crippen LogP contribution in [0.5, 0.6) is 0 Å². The number of rotatable bonds is 7. The summed E-state index contributed by atoms with van der Waals surface area (Å²) in [6.45, 7) is 3.50. The van der Waals surface area contributed by atoms with Crippen molar-refractivity contribution in [2.45, 2.75) is 31.8 Å². The molecule has 6 nitrogen and oxygen atoms in total. The van der Waals surface area contributed by atoms with Gasteiger partial charge in [-0.05, 0) is 20.8 Å². The van der Waals surface area contributed by atoms with Crippen molar-refractivity contribution in [3.8, 4) is 0 Å². The van der Waals surface area contributed by atoms with Crippen LogP contribution in [0.25, 0.3) is 0 Å². The van der Waals surface area contributed by atoms with E-state index >= 15 is 0 Å². The molecule has 0 rings (SSSR count). The molecule has 0 aromatic rings. The van der Waals surface area contributed by atoms with Crippen LogP contribution in [-0.2, 0) is 14.3 Å². The Morgan fingerprint density at radius 2 is 1.75 bits per heavy atom. The van der Waals surface area contributed by atoms with E-state index in [2.05, 4.69) is 0 Å². The Morgan fingerprint density at radius 1 is 1.25 bits per heavy atom. The molecule has 0 heterocycles. The first-order valence-electron chi connectivity index (χ1n) is 4.94. The number of hydrogen-bond acceptors (Lipinski definition) is 6. The highest BCUT2D eigenvalue weighted by Crippen LogP contribution is 2.04. The summed E-state index contributed by atoms with van der Waals surface area (Å²) < 4.78 is 5.02. The molecule has 0 spiro atoms. The van der Waals surface area contributed by atoms with Crippen molar-refractivity contribution in [3.63, 3.8) is 0 Å². The van der Waals surface area contributed by atoms with Gasteiger partial charge in [-0.25, -0.2) is 0 Å². The largest absolute Gasteiger partial charge is 0.394 e. The van der Waals surface area contributed by atoms with Crippen LogP contribution in [0.3, 0.4) is 0 Å². The standard InChI is InChI=1S/C10H20N2O4/c1-7(14)10(3,12)6-16-4-8(15)9(2,11)5-13/h13H,4-6,11-12H2,1-3H3. The minimum Gasteiger partial charge on any atom is -0.394 e. The van der Waals surface area contributed by atoms with E-state index in [0.29, 0.717) is 0 Å². The van der Waals surface area contributed by atoms with Crippen LogP contribution in [0.1, 0.15) is 20.8 Å². The molecule has 0 radical (unpaired) electrons. The molecule has 94 valence electrons. The molecule has 16 heavy (non-hydrogen) atoms. The average molecular weight is 232 g/mol. The van der Waals surface area contributed by atoms with Gasteiger partial charge in [-0.1, -0.05) is 0 Å². The van der Waals surface area contributed by atoms with Crippen LogP contribution in [0.2, 0.25) is 0 Å². The maximum absolute atomic E-state index is 11.4. The molecule has 0 saturated carbocycles. The zero-order valence-corrected chi connectivity index (χ0v) is 9.95. The molecule has 5 N–H and O–H groups in total. The molecule has 0 aliphatic rings. The lowest BCUT2D eigenvalue weighted by molar-refractivity contribution is -0.132. The first-order valence-corrected chi connectivity index (χ1v) is 4.94.